The summed E-state index contributed by atoms with van der Waals surface area (Å²) in [6.45, 7) is 2.56. The molecule has 0 aliphatic rings. The van der Waals surface area contributed by atoms with E-state index in [0.717, 1.165) is 21.3 Å². The molecule has 0 radical (unpaired) electrons. The highest BCUT2D eigenvalue weighted by atomic mass is 79.9. The van der Waals surface area contributed by atoms with Crippen LogP contribution in [0, 0.1) is 6.92 Å². The molecule has 0 amide bonds. The maximum absolute atomic E-state index is 12.2. The van der Waals surface area contributed by atoms with Crippen molar-refractivity contribution in [2.75, 3.05) is 5.32 Å². The summed E-state index contributed by atoms with van der Waals surface area (Å²) in [6, 6.07) is 12.3. The van der Waals surface area contributed by atoms with Crippen LogP contribution in [0.5, 0.6) is 0 Å². The molecular formula is C15H13BrF3NS. The summed E-state index contributed by atoms with van der Waals surface area (Å²) in [4.78, 5) is 0.199. The van der Waals surface area contributed by atoms with E-state index in [2.05, 4.69) is 21.2 Å². The molecule has 21 heavy (non-hydrogen) atoms. The van der Waals surface area contributed by atoms with Crippen LogP contribution in [0.3, 0.4) is 0 Å². The molecule has 0 bridgehead atoms. The van der Waals surface area contributed by atoms with E-state index in [1.54, 1.807) is 12.1 Å². The standard InChI is InChI=1S/C15H13BrF3NS/c1-10-2-5-12(16)8-14(10)20-9-11-3-6-13(7-4-11)21-15(17,18)19/h2-8,20H,9H2,1H3. The summed E-state index contributed by atoms with van der Waals surface area (Å²) in [5.74, 6) is 0. The third kappa shape index (κ3) is 5.28. The van der Waals surface area contributed by atoms with Crippen LogP contribution in [0.15, 0.2) is 51.8 Å². The Morgan fingerprint density at radius 1 is 1.10 bits per heavy atom. The molecule has 1 nitrogen and oxygen atoms in total. The van der Waals surface area contributed by atoms with Gasteiger partial charge in [0.15, 0.2) is 0 Å². The van der Waals surface area contributed by atoms with Crippen molar-refractivity contribution < 1.29 is 13.2 Å². The van der Waals surface area contributed by atoms with Gasteiger partial charge in [0.1, 0.15) is 0 Å². The van der Waals surface area contributed by atoms with Crippen molar-refractivity contribution >= 4 is 33.4 Å². The highest BCUT2D eigenvalue weighted by molar-refractivity contribution is 9.10. The van der Waals surface area contributed by atoms with Crippen molar-refractivity contribution in [3.05, 3.63) is 58.1 Å². The second-order valence-electron chi connectivity index (χ2n) is 4.50. The summed E-state index contributed by atoms with van der Waals surface area (Å²) in [6.07, 6.45) is 0. The van der Waals surface area contributed by atoms with Crippen molar-refractivity contribution in [1.29, 1.82) is 0 Å². The molecule has 0 aromatic heterocycles. The first kappa shape index (κ1) is 16.2. The molecule has 0 aliphatic heterocycles. The average molecular weight is 376 g/mol. The normalized spacial score (nSPS) is 11.5. The van der Waals surface area contributed by atoms with Crippen LogP contribution < -0.4 is 5.32 Å². The topological polar surface area (TPSA) is 12.0 Å². The second-order valence-corrected chi connectivity index (χ2v) is 6.56. The van der Waals surface area contributed by atoms with E-state index in [1.807, 2.05) is 25.1 Å². The summed E-state index contributed by atoms with van der Waals surface area (Å²) < 4.78 is 37.7. The Bertz CT molecular complexity index is 611. The number of hydrogen-bond donors (Lipinski definition) is 1. The van der Waals surface area contributed by atoms with E-state index in [4.69, 9.17) is 0 Å². The first-order valence-electron chi connectivity index (χ1n) is 6.18. The number of benzene rings is 2. The molecule has 0 spiro atoms. The predicted molar refractivity (Wildman–Crippen MR) is 84.6 cm³/mol. The fraction of sp³-hybridized carbons (Fsp3) is 0.200. The quantitative estimate of drug-likeness (QED) is 0.659. The van der Waals surface area contributed by atoms with E-state index in [9.17, 15) is 13.2 Å². The van der Waals surface area contributed by atoms with Crippen LogP contribution in [0.4, 0.5) is 18.9 Å². The molecule has 2 aromatic carbocycles. The molecule has 0 atom stereocenters. The number of rotatable bonds is 4. The van der Waals surface area contributed by atoms with E-state index in [-0.39, 0.29) is 16.7 Å². The molecule has 0 saturated carbocycles. The minimum Gasteiger partial charge on any atom is -0.381 e. The first-order chi connectivity index (χ1) is 9.83. The van der Waals surface area contributed by atoms with Gasteiger partial charge in [-0.15, -0.1) is 0 Å². The summed E-state index contributed by atoms with van der Waals surface area (Å²) in [5.41, 5.74) is -1.20. The Labute approximate surface area is 134 Å². The largest absolute Gasteiger partial charge is 0.446 e. The maximum atomic E-state index is 12.2. The third-order valence-corrected chi connectivity index (χ3v) is 4.07. The van der Waals surface area contributed by atoms with Gasteiger partial charge in [-0.25, -0.2) is 0 Å². The molecule has 112 valence electrons. The van der Waals surface area contributed by atoms with Crippen LogP contribution in [-0.2, 0) is 6.54 Å². The summed E-state index contributed by atoms with van der Waals surface area (Å²) in [7, 11) is 0. The van der Waals surface area contributed by atoms with Crippen molar-refractivity contribution in [2.45, 2.75) is 23.9 Å². The van der Waals surface area contributed by atoms with Gasteiger partial charge in [0.2, 0.25) is 0 Å². The number of nitrogens with one attached hydrogen (secondary N) is 1. The van der Waals surface area contributed by atoms with Crippen molar-refractivity contribution in [2.24, 2.45) is 0 Å². The van der Waals surface area contributed by atoms with Gasteiger partial charge in [-0.05, 0) is 54.1 Å². The third-order valence-electron chi connectivity index (χ3n) is 2.84. The van der Waals surface area contributed by atoms with Gasteiger partial charge in [0, 0.05) is 21.6 Å². The minimum atomic E-state index is -4.24. The van der Waals surface area contributed by atoms with Crippen LogP contribution in [0.1, 0.15) is 11.1 Å². The number of alkyl halides is 3. The van der Waals surface area contributed by atoms with Gasteiger partial charge in [-0.2, -0.15) is 13.2 Å². The highest BCUT2D eigenvalue weighted by Gasteiger charge is 2.28. The molecule has 0 heterocycles. The van der Waals surface area contributed by atoms with Crippen LogP contribution in [0.2, 0.25) is 0 Å². The fourth-order valence-electron chi connectivity index (χ4n) is 1.79. The zero-order valence-corrected chi connectivity index (χ0v) is 13.6. The number of aryl methyl sites for hydroxylation is 1. The predicted octanol–water partition coefficient (Wildman–Crippen LogP) is 5.98. The molecule has 0 unspecified atom stereocenters. The SMILES string of the molecule is Cc1ccc(Br)cc1NCc1ccc(SC(F)(F)F)cc1. The molecule has 6 heteroatoms. The first-order valence-corrected chi connectivity index (χ1v) is 7.79. The molecule has 2 aromatic rings. The smallest absolute Gasteiger partial charge is 0.381 e. The average Bonchev–Trinajstić information content (AvgIpc) is 2.40. The van der Waals surface area contributed by atoms with Gasteiger partial charge >= 0.3 is 5.51 Å². The lowest BCUT2D eigenvalue weighted by Crippen LogP contribution is -2.02. The zero-order chi connectivity index (χ0) is 15.5. The lowest BCUT2D eigenvalue weighted by Gasteiger charge is -2.11. The lowest BCUT2D eigenvalue weighted by molar-refractivity contribution is -0.0328. The number of halogens is 4. The molecule has 1 N–H and O–H groups in total. The second kappa shape index (κ2) is 6.75. The van der Waals surface area contributed by atoms with Gasteiger partial charge in [-0.3, -0.25) is 0 Å². The molecule has 0 aliphatic carbocycles. The van der Waals surface area contributed by atoms with Crippen molar-refractivity contribution in [1.82, 2.24) is 0 Å². The highest BCUT2D eigenvalue weighted by Crippen LogP contribution is 2.36. The Kier molecular flexibility index (Phi) is 5.22. The fourth-order valence-corrected chi connectivity index (χ4v) is 2.69. The Morgan fingerprint density at radius 3 is 2.38 bits per heavy atom. The molecule has 0 fully saturated rings. The Morgan fingerprint density at radius 2 is 1.76 bits per heavy atom. The molecule has 0 saturated heterocycles. The van der Waals surface area contributed by atoms with Gasteiger partial charge in [0.25, 0.3) is 0 Å². The van der Waals surface area contributed by atoms with E-state index in [1.165, 1.54) is 12.1 Å². The van der Waals surface area contributed by atoms with Crippen molar-refractivity contribution in [3.8, 4) is 0 Å². The van der Waals surface area contributed by atoms with E-state index in [0.29, 0.717) is 6.54 Å². The van der Waals surface area contributed by atoms with Gasteiger partial charge in [-0.1, -0.05) is 34.1 Å². The summed E-state index contributed by atoms with van der Waals surface area (Å²) in [5, 5.41) is 3.28. The maximum Gasteiger partial charge on any atom is 0.446 e. The zero-order valence-electron chi connectivity index (χ0n) is 11.2. The van der Waals surface area contributed by atoms with Crippen molar-refractivity contribution in [3.63, 3.8) is 0 Å². The van der Waals surface area contributed by atoms with Crippen LogP contribution >= 0.6 is 27.7 Å². The number of thioether (sulfide) groups is 1. The lowest BCUT2D eigenvalue weighted by atomic mass is 10.2. The molecular weight excluding hydrogens is 363 g/mol. The van der Waals surface area contributed by atoms with Crippen LogP contribution in [-0.4, -0.2) is 5.51 Å². The molecule has 2 rings (SSSR count). The van der Waals surface area contributed by atoms with Crippen LogP contribution in [0.25, 0.3) is 0 Å². The van der Waals surface area contributed by atoms with Gasteiger partial charge < -0.3 is 5.32 Å². The number of hydrogen-bond acceptors (Lipinski definition) is 2. The van der Waals surface area contributed by atoms with E-state index >= 15 is 0 Å². The minimum absolute atomic E-state index is 0.0983. The van der Waals surface area contributed by atoms with E-state index < -0.39 is 5.51 Å². The Hall–Kier alpha value is -1.14. The van der Waals surface area contributed by atoms with Gasteiger partial charge in [0.05, 0.1) is 0 Å². The summed E-state index contributed by atoms with van der Waals surface area (Å²) >= 11 is 3.31. The monoisotopic (exact) mass is 375 g/mol. The Balaban J connectivity index is 1.99. The number of anilines is 1.